The number of aromatic nitrogens is 1. The van der Waals surface area contributed by atoms with Gasteiger partial charge in [0.25, 0.3) is 0 Å². The summed E-state index contributed by atoms with van der Waals surface area (Å²) in [6.45, 7) is 2.19. The van der Waals surface area contributed by atoms with E-state index in [-0.39, 0.29) is 6.54 Å². The number of oxazole rings is 1. The summed E-state index contributed by atoms with van der Waals surface area (Å²) in [5, 5.41) is 0.629. The molecule has 0 saturated heterocycles. The maximum atomic E-state index is 6.03. The Morgan fingerprint density at radius 3 is 2.82 bits per heavy atom. The Hall–Kier alpha value is -1.52. The number of methoxy groups -OCH3 is 1. The predicted molar refractivity (Wildman–Crippen MR) is 66.1 cm³/mol. The standard InChI is InChI=1S/C12H13ClN2O2/c1-7-3-8(13)4-9(12(7)16-2)10-6-15-11(5-14)17-10/h3-4,6H,5,14H2,1-2H3. The molecule has 2 rings (SSSR count). The number of nitrogens with zero attached hydrogens (tertiary/aromatic N) is 1. The van der Waals surface area contributed by atoms with Crippen LogP contribution < -0.4 is 10.5 Å². The first-order valence-electron chi connectivity index (χ1n) is 5.15. The molecule has 0 atom stereocenters. The molecular weight excluding hydrogens is 240 g/mol. The van der Waals surface area contributed by atoms with Crippen LogP contribution in [-0.4, -0.2) is 12.1 Å². The second-order valence-electron chi connectivity index (χ2n) is 3.63. The molecule has 0 saturated carbocycles. The van der Waals surface area contributed by atoms with Crippen molar-refractivity contribution in [1.82, 2.24) is 4.98 Å². The molecule has 0 aliphatic heterocycles. The summed E-state index contributed by atoms with van der Waals surface area (Å²) in [5.41, 5.74) is 7.19. The highest BCUT2D eigenvalue weighted by Crippen LogP contribution is 2.35. The van der Waals surface area contributed by atoms with Gasteiger partial charge in [-0.1, -0.05) is 11.6 Å². The summed E-state index contributed by atoms with van der Waals surface area (Å²) < 4.78 is 10.8. The number of ether oxygens (including phenoxy) is 1. The Bertz CT molecular complexity index is 537. The lowest BCUT2D eigenvalue weighted by atomic mass is 10.1. The molecule has 2 aromatic rings. The fourth-order valence-electron chi connectivity index (χ4n) is 1.71. The van der Waals surface area contributed by atoms with Gasteiger partial charge < -0.3 is 14.9 Å². The molecule has 90 valence electrons. The van der Waals surface area contributed by atoms with Crippen molar-refractivity contribution in [3.8, 4) is 17.1 Å². The van der Waals surface area contributed by atoms with Crippen molar-refractivity contribution in [3.63, 3.8) is 0 Å². The number of benzene rings is 1. The minimum atomic E-state index is 0.266. The first-order valence-corrected chi connectivity index (χ1v) is 5.52. The first kappa shape index (κ1) is 12.0. The van der Waals surface area contributed by atoms with E-state index in [1.165, 1.54) is 0 Å². The second kappa shape index (κ2) is 4.77. The Morgan fingerprint density at radius 1 is 1.47 bits per heavy atom. The highest BCUT2D eigenvalue weighted by Gasteiger charge is 2.14. The number of aryl methyl sites for hydroxylation is 1. The van der Waals surface area contributed by atoms with Gasteiger partial charge in [0.15, 0.2) is 5.76 Å². The van der Waals surface area contributed by atoms with Crippen LogP contribution in [0.25, 0.3) is 11.3 Å². The SMILES string of the molecule is COc1c(C)cc(Cl)cc1-c1cnc(CN)o1. The molecule has 4 nitrogen and oxygen atoms in total. The molecule has 0 fully saturated rings. The summed E-state index contributed by atoms with van der Waals surface area (Å²) in [5.74, 6) is 1.82. The van der Waals surface area contributed by atoms with Crippen LogP contribution in [0.2, 0.25) is 5.02 Å². The fourth-order valence-corrected chi connectivity index (χ4v) is 1.99. The highest BCUT2D eigenvalue weighted by atomic mass is 35.5. The number of hydrogen-bond donors (Lipinski definition) is 1. The van der Waals surface area contributed by atoms with Crippen LogP contribution in [0.5, 0.6) is 5.75 Å². The van der Waals surface area contributed by atoms with E-state index in [4.69, 9.17) is 26.5 Å². The average molecular weight is 253 g/mol. The minimum absolute atomic E-state index is 0.266. The van der Waals surface area contributed by atoms with Crippen LogP contribution >= 0.6 is 11.6 Å². The lowest BCUT2D eigenvalue weighted by molar-refractivity contribution is 0.411. The first-order chi connectivity index (χ1) is 8.15. The molecule has 2 N–H and O–H groups in total. The summed E-state index contributed by atoms with van der Waals surface area (Å²) in [7, 11) is 1.61. The normalized spacial score (nSPS) is 10.6. The maximum Gasteiger partial charge on any atom is 0.208 e. The molecule has 1 aromatic carbocycles. The van der Waals surface area contributed by atoms with Crippen LogP contribution in [0.4, 0.5) is 0 Å². The molecule has 0 amide bonds. The van der Waals surface area contributed by atoms with Crippen molar-refractivity contribution >= 4 is 11.6 Å². The number of rotatable bonds is 3. The Kier molecular flexibility index (Phi) is 3.36. The predicted octanol–water partition coefficient (Wildman–Crippen LogP) is 2.77. The van der Waals surface area contributed by atoms with Crippen molar-refractivity contribution in [1.29, 1.82) is 0 Å². The van der Waals surface area contributed by atoms with E-state index in [1.807, 2.05) is 13.0 Å². The van der Waals surface area contributed by atoms with Gasteiger partial charge in [0, 0.05) is 5.02 Å². The molecule has 1 heterocycles. The molecule has 17 heavy (non-hydrogen) atoms. The van der Waals surface area contributed by atoms with Gasteiger partial charge in [-0.2, -0.15) is 0 Å². The van der Waals surface area contributed by atoms with E-state index in [0.717, 1.165) is 16.9 Å². The van der Waals surface area contributed by atoms with Crippen LogP contribution in [0.1, 0.15) is 11.5 Å². The van der Waals surface area contributed by atoms with Crippen LogP contribution in [0.3, 0.4) is 0 Å². The quantitative estimate of drug-likeness (QED) is 0.912. The topological polar surface area (TPSA) is 61.3 Å². The second-order valence-corrected chi connectivity index (χ2v) is 4.06. The molecule has 0 unspecified atom stereocenters. The highest BCUT2D eigenvalue weighted by molar-refractivity contribution is 6.31. The average Bonchev–Trinajstić information content (AvgIpc) is 2.76. The smallest absolute Gasteiger partial charge is 0.208 e. The van der Waals surface area contributed by atoms with E-state index in [0.29, 0.717) is 16.7 Å². The van der Waals surface area contributed by atoms with E-state index in [2.05, 4.69) is 4.98 Å². The number of hydrogen-bond acceptors (Lipinski definition) is 4. The van der Waals surface area contributed by atoms with E-state index < -0.39 is 0 Å². The molecule has 0 radical (unpaired) electrons. The molecule has 0 aliphatic carbocycles. The van der Waals surface area contributed by atoms with Gasteiger partial charge in [-0.3, -0.25) is 0 Å². The largest absolute Gasteiger partial charge is 0.496 e. The van der Waals surface area contributed by atoms with Crippen molar-refractivity contribution in [2.24, 2.45) is 5.73 Å². The van der Waals surface area contributed by atoms with E-state index >= 15 is 0 Å². The van der Waals surface area contributed by atoms with Crippen LogP contribution in [0, 0.1) is 6.92 Å². The molecule has 5 heteroatoms. The van der Waals surface area contributed by atoms with Crippen molar-refractivity contribution < 1.29 is 9.15 Å². The van der Waals surface area contributed by atoms with Crippen molar-refractivity contribution in [2.75, 3.05) is 7.11 Å². The van der Waals surface area contributed by atoms with Crippen molar-refractivity contribution in [3.05, 3.63) is 34.8 Å². The summed E-state index contributed by atoms with van der Waals surface area (Å²) in [6.07, 6.45) is 1.62. The van der Waals surface area contributed by atoms with E-state index in [1.54, 1.807) is 19.4 Å². The van der Waals surface area contributed by atoms with Gasteiger partial charge in [-0.05, 0) is 24.6 Å². The molecular formula is C12H13ClN2O2. The molecule has 0 bridgehead atoms. The zero-order chi connectivity index (χ0) is 12.4. The zero-order valence-corrected chi connectivity index (χ0v) is 10.4. The van der Waals surface area contributed by atoms with Gasteiger partial charge in [0.1, 0.15) is 5.75 Å². The Labute approximate surface area is 104 Å². The Balaban J connectivity index is 2.57. The third-order valence-corrected chi connectivity index (χ3v) is 2.66. The van der Waals surface area contributed by atoms with Crippen LogP contribution in [0.15, 0.2) is 22.7 Å². The van der Waals surface area contributed by atoms with Crippen molar-refractivity contribution in [2.45, 2.75) is 13.5 Å². The third kappa shape index (κ3) is 2.28. The lowest BCUT2D eigenvalue weighted by Gasteiger charge is -2.09. The van der Waals surface area contributed by atoms with E-state index in [9.17, 15) is 0 Å². The third-order valence-electron chi connectivity index (χ3n) is 2.44. The fraction of sp³-hybridized carbons (Fsp3) is 0.250. The van der Waals surface area contributed by atoms with Crippen LogP contribution in [-0.2, 0) is 6.54 Å². The van der Waals surface area contributed by atoms with Gasteiger partial charge in [0.05, 0.1) is 25.4 Å². The lowest BCUT2D eigenvalue weighted by Crippen LogP contribution is -1.95. The number of nitrogens with two attached hydrogens (primary N) is 1. The molecule has 0 spiro atoms. The summed E-state index contributed by atoms with van der Waals surface area (Å²) in [6, 6.07) is 3.62. The van der Waals surface area contributed by atoms with Gasteiger partial charge >= 0.3 is 0 Å². The number of halogens is 1. The molecule has 0 aliphatic rings. The summed E-state index contributed by atoms with van der Waals surface area (Å²) >= 11 is 6.03. The summed E-state index contributed by atoms with van der Waals surface area (Å²) in [4.78, 5) is 4.06. The minimum Gasteiger partial charge on any atom is -0.496 e. The van der Waals surface area contributed by atoms with Gasteiger partial charge in [-0.25, -0.2) is 4.98 Å². The Morgan fingerprint density at radius 2 is 2.24 bits per heavy atom. The van der Waals surface area contributed by atoms with Gasteiger partial charge in [-0.15, -0.1) is 0 Å². The maximum absolute atomic E-state index is 6.03. The zero-order valence-electron chi connectivity index (χ0n) is 9.66. The van der Waals surface area contributed by atoms with Gasteiger partial charge in [0.2, 0.25) is 5.89 Å². The molecule has 1 aromatic heterocycles. The monoisotopic (exact) mass is 252 g/mol.